The number of likely N-dealkylation sites (N-methyl/N-ethyl adjacent to an activating group) is 2. The molecule has 0 saturated carbocycles. The van der Waals surface area contributed by atoms with Crippen LogP contribution in [0.4, 0.5) is 0 Å². The number of nitrogens with zero attached hydrogens (tertiary/aromatic N) is 2. The summed E-state index contributed by atoms with van der Waals surface area (Å²) in [5.41, 5.74) is 5.91. The minimum atomic E-state index is -0.0436. The van der Waals surface area contributed by atoms with Gasteiger partial charge in [-0.3, -0.25) is 9.80 Å². The third-order valence-electron chi connectivity index (χ3n) is 4.37. The summed E-state index contributed by atoms with van der Waals surface area (Å²) in [7, 11) is 2.18. The minimum Gasteiger partial charge on any atom is -0.380 e. The Morgan fingerprint density at radius 2 is 2.17 bits per heavy atom. The summed E-state index contributed by atoms with van der Waals surface area (Å²) in [6, 6.07) is 0.688. The molecule has 1 aliphatic rings. The van der Waals surface area contributed by atoms with Crippen molar-refractivity contribution in [2.75, 3.05) is 46.4 Å². The fourth-order valence-corrected chi connectivity index (χ4v) is 2.70. The molecule has 2 unspecified atom stereocenters. The summed E-state index contributed by atoms with van der Waals surface area (Å²) in [6.45, 7) is 12.1. The Bertz CT molecular complexity index is 237. The van der Waals surface area contributed by atoms with Gasteiger partial charge in [0.1, 0.15) is 0 Å². The van der Waals surface area contributed by atoms with E-state index in [4.69, 9.17) is 10.5 Å². The number of nitrogens with two attached hydrogens (primary N) is 1. The molecule has 0 spiro atoms. The second-order valence-electron chi connectivity index (χ2n) is 5.64. The zero-order valence-corrected chi connectivity index (χ0v) is 12.6. The predicted molar refractivity (Wildman–Crippen MR) is 76.9 cm³/mol. The molecule has 1 heterocycles. The van der Waals surface area contributed by atoms with Crippen LogP contribution in [-0.4, -0.2) is 67.8 Å². The lowest BCUT2D eigenvalue weighted by atomic mass is 10.0. The van der Waals surface area contributed by atoms with E-state index in [0.717, 1.165) is 26.3 Å². The highest BCUT2D eigenvalue weighted by atomic mass is 16.5. The molecule has 0 aliphatic carbocycles. The van der Waals surface area contributed by atoms with Crippen LogP contribution < -0.4 is 5.73 Å². The van der Waals surface area contributed by atoms with Crippen LogP contribution in [-0.2, 0) is 4.74 Å². The Morgan fingerprint density at radius 1 is 1.44 bits per heavy atom. The van der Waals surface area contributed by atoms with E-state index in [-0.39, 0.29) is 5.54 Å². The third kappa shape index (κ3) is 3.92. The Labute approximate surface area is 112 Å². The lowest BCUT2D eigenvalue weighted by Gasteiger charge is -2.40. The van der Waals surface area contributed by atoms with Gasteiger partial charge >= 0.3 is 0 Å². The van der Waals surface area contributed by atoms with E-state index < -0.39 is 0 Å². The molecule has 18 heavy (non-hydrogen) atoms. The van der Waals surface area contributed by atoms with E-state index >= 15 is 0 Å². The van der Waals surface area contributed by atoms with E-state index in [9.17, 15) is 0 Å². The van der Waals surface area contributed by atoms with Crippen molar-refractivity contribution >= 4 is 0 Å². The van der Waals surface area contributed by atoms with E-state index in [0.29, 0.717) is 12.6 Å². The fraction of sp³-hybridized carbons (Fsp3) is 1.00. The van der Waals surface area contributed by atoms with Gasteiger partial charge in [0.2, 0.25) is 0 Å². The standard InChI is InChI=1S/C14H31N3O/c1-5-17-9-7-8-13(17)10-16(4)14(3,11-15)12-18-6-2/h13H,5-12,15H2,1-4H3. The van der Waals surface area contributed by atoms with Gasteiger partial charge < -0.3 is 10.5 Å². The van der Waals surface area contributed by atoms with E-state index in [1.807, 2.05) is 6.92 Å². The summed E-state index contributed by atoms with van der Waals surface area (Å²) in [6.07, 6.45) is 2.64. The van der Waals surface area contributed by atoms with Crippen molar-refractivity contribution in [3.8, 4) is 0 Å². The summed E-state index contributed by atoms with van der Waals surface area (Å²) >= 11 is 0. The topological polar surface area (TPSA) is 41.7 Å². The quantitative estimate of drug-likeness (QED) is 0.708. The maximum Gasteiger partial charge on any atom is 0.0659 e. The second kappa shape index (κ2) is 7.43. The van der Waals surface area contributed by atoms with Gasteiger partial charge in [-0.15, -0.1) is 0 Å². The van der Waals surface area contributed by atoms with Crippen molar-refractivity contribution in [2.45, 2.75) is 45.2 Å². The Hall–Kier alpha value is -0.160. The van der Waals surface area contributed by atoms with Gasteiger partial charge in [0.05, 0.1) is 12.1 Å². The van der Waals surface area contributed by atoms with Gasteiger partial charge in [-0.2, -0.15) is 0 Å². The minimum absolute atomic E-state index is 0.0436. The molecule has 1 saturated heterocycles. The molecule has 0 amide bonds. The molecule has 0 aromatic carbocycles. The Morgan fingerprint density at radius 3 is 2.72 bits per heavy atom. The van der Waals surface area contributed by atoms with Crippen molar-refractivity contribution in [1.29, 1.82) is 0 Å². The molecule has 0 aromatic rings. The molecule has 0 bridgehead atoms. The predicted octanol–water partition coefficient (Wildman–Crippen LogP) is 1.16. The van der Waals surface area contributed by atoms with Gasteiger partial charge in [0, 0.05) is 25.7 Å². The van der Waals surface area contributed by atoms with Crippen LogP contribution in [0.25, 0.3) is 0 Å². The van der Waals surface area contributed by atoms with Crippen molar-refractivity contribution in [3.05, 3.63) is 0 Å². The normalized spacial score (nSPS) is 24.7. The van der Waals surface area contributed by atoms with Crippen LogP contribution in [0.2, 0.25) is 0 Å². The van der Waals surface area contributed by atoms with Crippen LogP contribution >= 0.6 is 0 Å². The zero-order valence-electron chi connectivity index (χ0n) is 12.6. The molecule has 0 radical (unpaired) electrons. The Kier molecular flexibility index (Phi) is 6.57. The lowest BCUT2D eigenvalue weighted by molar-refractivity contribution is 0.0137. The average molecular weight is 257 g/mol. The molecule has 1 rings (SSSR count). The van der Waals surface area contributed by atoms with Crippen molar-refractivity contribution in [2.24, 2.45) is 5.73 Å². The first-order valence-electron chi connectivity index (χ1n) is 7.30. The fourth-order valence-electron chi connectivity index (χ4n) is 2.70. The highest BCUT2D eigenvalue weighted by Crippen LogP contribution is 2.21. The molecule has 108 valence electrons. The first-order valence-corrected chi connectivity index (χ1v) is 7.30. The second-order valence-corrected chi connectivity index (χ2v) is 5.64. The molecular formula is C14H31N3O. The van der Waals surface area contributed by atoms with Crippen LogP contribution in [0.15, 0.2) is 0 Å². The third-order valence-corrected chi connectivity index (χ3v) is 4.37. The molecule has 2 N–H and O–H groups in total. The van der Waals surface area contributed by atoms with E-state index in [1.165, 1.54) is 19.4 Å². The number of rotatable bonds is 8. The van der Waals surface area contributed by atoms with Crippen LogP contribution in [0, 0.1) is 0 Å². The zero-order chi connectivity index (χ0) is 13.6. The first-order chi connectivity index (χ1) is 8.57. The first kappa shape index (κ1) is 15.9. The van der Waals surface area contributed by atoms with Crippen LogP contribution in [0.3, 0.4) is 0 Å². The van der Waals surface area contributed by atoms with E-state index in [1.54, 1.807) is 0 Å². The highest BCUT2D eigenvalue weighted by Gasteiger charge is 2.32. The number of ether oxygens (including phenoxy) is 1. The summed E-state index contributed by atoms with van der Waals surface area (Å²) in [5, 5.41) is 0. The summed E-state index contributed by atoms with van der Waals surface area (Å²) in [5.74, 6) is 0. The smallest absolute Gasteiger partial charge is 0.0659 e. The SMILES string of the molecule is CCOCC(C)(CN)N(C)CC1CCCN1CC. The van der Waals surface area contributed by atoms with Gasteiger partial charge in [-0.1, -0.05) is 6.92 Å². The van der Waals surface area contributed by atoms with Crippen molar-refractivity contribution < 1.29 is 4.74 Å². The van der Waals surface area contributed by atoms with E-state index in [2.05, 4.69) is 30.7 Å². The van der Waals surface area contributed by atoms with Gasteiger partial charge in [0.25, 0.3) is 0 Å². The number of likely N-dealkylation sites (tertiary alicyclic amines) is 1. The largest absolute Gasteiger partial charge is 0.380 e. The maximum atomic E-state index is 5.95. The highest BCUT2D eigenvalue weighted by molar-refractivity contribution is 4.90. The molecule has 0 aromatic heterocycles. The molecular weight excluding hydrogens is 226 g/mol. The van der Waals surface area contributed by atoms with Crippen LogP contribution in [0.5, 0.6) is 0 Å². The average Bonchev–Trinajstić information content (AvgIpc) is 2.83. The Balaban J connectivity index is 2.53. The van der Waals surface area contributed by atoms with Crippen molar-refractivity contribution in [1.82, 2.24) is 9.80 Å². The van der Waals surface area contributed by atoms with Gasteiger partial charge in [-0.05, 0) is 46.8 Å². The lowest BCUT2D eigenvalue weighted by Crippen LogP contribution is -2.56. The monoisotopic (exact) mass is 257 g/mol. The van der Waals surface area contributed by atoms with Crippen LogP contribution in [0.1, 0.15) is 33.6 Å². The number of hydrogen-bond donors (Lipinski definition) is 1. The molecule has 2 atom stereocenters. The maximum absolute atomic E-state index is 5.95. The van der Waals surface area contributed by atoms with Gasteiger partial charge in [-0.25, -0.2) is 0 Å². The molecule has 4 heteroatoms. The molecule has 1 aliphatic heterocycles. The summed E-state index contributed by atoms with van der Waals surface area (Å²) in [4.78, 5) is 4.97. The molecule has 4 nitrogen and oxygen atoms in total. The molecule has 1 fully saturated rings. The van der Waals surface area contributed by atoms with Crippen molar-refractivity contribution in [3.63, 3.8) is 0 Å². The van der Waals surface area contributed by atoms with Gasteiger partial charge in [0.15, 0.2) is 0 Å². The number of hydrogen-bond acceptors (Lipinski definition) is 4. The summed E-state index contributed by atoms with van der Waals surface area (Å²) < 4.78 is 5.59.